The molecule has 1 heterocycles. The van der Waals surface area contributed by atoms with Gasteiger partial charge in [-0.25, -0.2) is 0 Å². The molecule has 5 nitrogen and oxygen atoms in total. The van der Waals surface area contributed by atoms with Gasteiger partial charge in [0.1, 0.15) is 0 Å². The van der Waals surface area contributed by atoms with E-state index in [4.69, 9.17) is 0 Å². The molecule has 5 heteroatoms. The predicted octanol–water partition coefficient (Wildman–Crippen LogP) is 3.76. The van der Waals surface area contributed by atoms with Gasteiger partial charge in [0, 0.05) is 39.2 Å². The fourth-order valence-corrected chi connectivity index (χ4v) is 5.32. The summed E-state index contributed by atoms with van der Waals surface area (Å²) in [5, 5.41) is 11.6. The number of nitrogens with zero attached hydrogens (tertiary/aromatic N) is 2. The number of rotatable bonds is 8. The van der Waals surface area contributed by atoms with Crippen LogP contribution in [-0.2, 0) is 4.79 Å². The third-order valence-corrected chi connectivity index (χ3v) is 7.10. The second-order valence-electron chi connectivity index (χ2n) is 9.45. The molecule has 1 atom stereocenters. The molecule has 0 spiro atoms. The van der Waals surface area contributed by atoms with Crippen molar-refractivity contribution in [2.24, 2.45) is 11.8 Å². The average Bonchev–Trinajstić information content (AvgIpc) is 2.76. The van der Waals surface area contributed by atoms with Crippen LogP contribution in [0.2, 0.25) is 0 Å². The van der Waals surface area contributed by atoms with Gasteiger partial charge in [0.05, 0.1) is 11.5 Å². The number of amides is 1. The molecule has 1 aromatic rings. The molecule has 1 N–H and O–H groups in total. The number of Topliss-reactive ketones (excluding diaryl/α,β-unsaturated/α-hetero) is 1. The Morgan fingerprint density at radius 2 is 1.73 bits per heavy atom. The molecule has 0 radical (unpaired) electrons. The summed E-state index contributed by atoms with van der Waals surface area (Å²) in [7, 11) is 3.61. The molecule has 2 fully saturated rings. The molecular formula is C25H38N2O3. The van der Waals surface area contributed by atoms with Crippen LogP contribution in [0.1, 0.15) is 68.1 Å². The number of piperidine rings is 1. The fraction of sp³-hybridized carbons (Fsp3) is 0.680. The summed E-state index contributed by atoms with van der Waals surface area (Å²) in [6.45, 7) is 2.45. The molecule has 1 unspecified atom stereocenters. The first-order valence-corrected chi connectivity index (χ1v) is 11.6. The number of likely N-dealkylation sites (tertiary alicyclic amines) is 1. The third kappa shape index (κ3) is 5.70. The van der Waals surface area contributed by atoms with Crippen molar-refractivity contribution in [1.29, 1.82) is 0 Å². The van der Waals surface area contributed by atoms with E-state index >= 15 is 0 Å². The van der Waals surface area contributed by atoms with E-state index < -0.39 is 5.60 Å². The van der Waals surface area contributed by atoms with Crippen LogP contribution in [0, 0.1) is 11.8 Å². The number of benzene rings is 1. The zero-order valence-electron chi connectivity index (χ0n) is 18.7. The van der Waals surface area contributed by atoms with Gasteiger partial charge in [-0.3, -0.25) is 9.59 Å². The van der Waals surface area contributed by atoms with Crippen molar-refractivity contribution in [3.8, 4) is 0 Å². The lowest BCUT2D eigenvalue weighted by atomic mass is 9.68. The van der Waals surface area contributed by atoms with Crippen molar-refractivity contribution in [3.63, 3.8) is 0 Å². The highest BCUT2D eigenvalue weighted by Gasteiger charge is 2.47. The number of ketones is 1. The molecular weight excluding hydrogens is 376 g/mol. The molecule has 166 valence electrons. The second kappa shape index (κ2) is 10.5. The molecule has 1 saturated carbocycles. The first kappa shape index (κ1) is 23.0. The zero-order valence-corrected chi connectivity index (χ0v) is 18.7. The summed E-state index contributed by atoms with van der Waals surface area (Å²) < 4.78 is 0. The summed E-state index contributed by atoms with van der Waals surface area (Å²) in [5.74, 6) is 0.299. The largest absolute Gasteiger partial charge is 0.389 e. The molecule has 1 aliphatic carbocycles. The van der Waals surface area contributed by atoms with Crippen LogP contribution in [0.5, 0.6) is 0 Å². The maximum atomic E-state index is 13.0. The van der Waals surface area contributed by atoms with E-state index in [1.54, 1.807) is 19.0 Å². The van der Waals surface area contributed by atoms with Gasteiger partial charge in [-0.05, 0) is 44.6 Å². The van der Waals surface area contributed by atoms with Gasteiger partial charge in [0.15, 0.2) is 5.78 Å². The van der Waals surface area contributed by atoms with E-state index in [-0.39, 0.29) is 17.6 Å². The SMILES string of the molecule is CN(C)C(=O)C(C1CCCCC1)C1(O)CCN(CCCC(=O)c2ccccc2)CC1. The Labute approximate surface area is 181 Å². The Kier molecular flexibility index (Phi) is 8.06. The Morgan fingerprint density at radius 1 is 1.10 bits per heavy atom. The van der Waals surface area contributed by atoms with Gasteiger partial charge in [-0.2, -0.15) is 0 Å². The number of hydrogen-bond acceptors (Lipinski definition) is 4. The van der Waals surface area contributed by atoms with Crippen LogP contribution >= 0.6 is 0 Å². The van der Waals surface area contributed by atoms with Gasteiger partial charge >= 0.3 is 0 Å². The Morgan fingerprint density at radius 3 is 2.33 bits per heavy atom. The lowest BCUT2D eigenvalue weighted by molar-refractivity contribution is -0.154. The first-order valence-electron chi connectivity index (χ1n) is 11.6. The fourth-order valence-electron chi connectivity index (χ4n) is 5.32. The smallest absolute Gasteiger partial charge is 0.228 e. The topological polar surface area (TPSA) is 60.9 Å². The summed E-state index contributed by atoms with van der Waals surface area (Å²) in [6, 6.07) is 9.47. The van der Waals surface area contributed by atoms with E-state index in [9.17, 15) is 14.7 Å². The van der Waals surface area contributed by atoms with E-state index in [0.717, 1.165) is 44.5 Å². The highest BCUT2D eigenvalue weighted by molar-refractivity contribution is 5.95. The van der Waals surface area contributed by atoms with Gasteiger partial charge in [0.25, 0.3) is 0 Å². The van der Waals surface area contributed by atoms with E-state index in [2.05, 4.69) is 4.90 Å². The van der Waals surface area contributed by atoms with E-state index in [1.165, 1.54) is 19.3 Å². The lowest BCUT2D eigenvalue weighted by Gasteiger charge is -2.46. The maximum Gasteiger partial charge on any atom is 0.228 e. The first-order chi connectivity index (χ1) is 14.4. The Hall–Kier alpha value is -1.72. The van der Waals surface area contributed by atoms with Crippen molar-refractivity contribution in [3.05, 3.63) is 35.9 Å². The Balaban J connectivity index is 1.52. The molecule has 0 aromatic heterocycles. The number of hydrogen-bond donors (Lipinski definition) is 1. The van der Waals surface area contributed by atoms with Crippen LogP contribution in [0.15, 0.2) is 30.3 Å². The minimum absolute atomic E-state index is 0.0892. The quantitative estimate of drug-likeness (QED) is 0.658. The zero-order chi connectivity index (χ0) is 21.6. The number of carbonyl (C=O) groups is 2. The number of aliphatic hydroxyl groups is 1. The lowest BCUT2D eigenvalue weighted by Crippen LogP contribution is -2.55. The average molecular weight is 415 g/mol. The van der Waals surface area contributed by atoms with Crippen molar-refractivity contribution < 1.29 is 14.7 Å². The minimum atomic E-state index is -0.903. The monoisotopic (exact) mass is 414 g/mol. The molecule has 1 aromatic carbocycles. The minimum Gasteiger partial charge on any atom is -0.389 e. The standard InChI is InChI=1S/C25H38N2O3/c1-26(2)24(29)23(21-12-7-4-8-13-21)25(30)15-18-27(19-16-25)17-9-14-22(28)20-10-5-3-6-11-20/h3,5-6,10-11,21,23,30H,4,7-9,12-19H2,1-2H3. The van der Waals surface area contributed by atoms with Crippen LogP contribution in [0.4, 0.5) is 0 Å². The third-order valence-electron chi connectivity index (χ3n) is 7.10. The van der Waals surface area contributed by atoms with Gasteiger partial charge in [-0.15, -0.1) is 0 Å². The maximum absolute atomic E-state index is 13.0. The Bertz CT molecular complexity index is 690. The van der Waals surface area contributed by atoms with Crippen LogP contribution in [0.25, 0.3) is 0 Å². The molecule has 1 amide bonds. The normalized spacial score (nSPS) is 21.2. The van der Waals surface area contributed by atoms with E-state index in [1.807, 2.05) is 30.3 Å². The number of carbonyl (C=O) groups excluding carboxylic acids is 2. The second-order valence-corrected chi connectivity index (χ2v) is 9.45. The molecule has 30 heavy (non-hydrogen) atoms. The predicted molar refractivity (Wildman–Crippen MR) is 119 cm³/mol. The van der Waals surface area contributed by atoms with Gasteiger partial charge < -0.3 is 14.9 Å². The van der Waals surface area contributed by atoms with Crippen molar-refractivity contribution in [2.45, 2.75) is 63.4 Å². The van der Waals surface area contributed by atoms with E-state index in [0.29, 0.717) is 25.2 Å². The highest BCUT2D eigenvalue weighted by atomic mass is 16.3. The molecule has 1 aliphatic heterocycles. The van der Waals surface area contributed by atoms with Crippen molar-refractivity contribution in [2.75, 3.05) is 33.7 Å². The van der Waals surface area contributed by atoms with Crippen LogP contribution in [0.3, 0.4) is 0 Å². The van der Waals surface area contributed by atoms with Crippen molar-refractivity contribution in [1.82, 2.24) is 9.80 Å². The summed E-state index contributed by atoms with van der Waals surface area (Å²) >= 11 is 0. The van der Waals surface area contributed by atoms with Crippen molar-refractivity contribution >= 4 is 11.7 Å². The van der Waals surface area contributed by atoms with Crippen LogP contribution < -0.4 is 0 Å². The molecule has 3 rings (SSSR count). The van der Waals surface area contributed by atoms with Gasteiger partial charge in [0.2, 0.25) is 5.91 Å². The summed E-state index contributed by atoms with van der Waals surface area (Å²) in [5.41, 5.74) is -0.122. The molecule has 0 bridgehead atoms. The molecule has 2 aliphatic rings. The summed E-state index contributed by atoms with van der Waals surface area (Å²) in [6.07, 6.45) is 8.34. The summed E-state index contributed by atoms with van der Waals surface area (Å²) in [4.78, 5) is 29.3. The highest BCUT2D eigenvalue weighted by Crippen LogP contribution is 2.41. The van der Waals surface area contributed by atoms with Crippen LogP contribution in [-0.4, -0.2) is 65.9 Å². The molecule has 1 saturated heterocycles. The van der Waals surface area contributed by atoms with Gasteiger partial charge in [-0.1, -0.05) is 49.6 Å².